The molecule has 0 aromatic heterocycles. The molecule has 100 valence electrons. The van der Waals surface area contributed by atoms with Crippen molar-refractivity contribution in [3.8, 4) is 11.5 Å². The van der Waals surface area contributed by atoms with E-state index in [4.69, 9.17) is 9.47 Å². The summed E-state index contributed by atoms with van der Waals surface area (Å²) in [5.74, 6) is 0.724. The Balaban J connectivity index is 2.62. The molecular weight excluding hydrogens is 236 g/mol. The van der Waals surface area contributed by atoms with Crippen molar-refractivity contribution in [2.75, 3.05) is 34.4 Å². The van der Waals surface area contributed by atoms with E-state index >= 15 is 0 Å². The van der Waals surface area contributed by atoms with E-state index in [0.717, 1.165) is 13.0 Å². The fraction of sp³-hybridized carbons (Fsp3) is 0.500. The molecule has 1 aromatic carbocycles. The summed E-state index contributed by atoms with van der Waals surface area (Å²) in [4.78, 5) is 12.4. The molecule has 0 radical (unpaired) electrons. The molecule has 6 nitrogen and oxygen atoms in total. The lowest BCUT2D eigenvalue weighted by Gasteiger charge is -2.10. The molecule has 0 bridgehead atoms. The van der Waals surface area contributed by atoms with Crippen LogP contribution < -0.4 is 9.47 Å². The first-order valence-electron chi connectivity index (χ1n) is 5.64. The van der Waals surface area contributed by atoms with Crippen LogP contribution in [0, 0.1) is 10.1 Å². The van der Waals surface area contributed by atoms with Gasteiger partial charge in [0.2, 0.25) is 0 Å². The zero-order chi connectivity index (χ0) is 13.5. The summed E-state index contributed by atoms with van der Waals surface area (Å²) in [5, 5.41) is 10.8. The van der Waals surface area contributed by atoms with E-state index in [9.17, 15) is 10.1 Å². The first-order valence-corrected chi connectivity index (χ1v) is 5.64. The third-order valence-corrected chi connectivity index (χ3v) is 2.37. The van der Waals surface area contributed by atoms with E-state index in [1.165, 1.54) is 13.2 Å². The van der Waals surface area contributed by atoms with Crippen molar-refractivity contribution in [1.29, 1.82) is 0 Å². The number of nitro benzene ring substituents is 1. The van der Waals surface area contributed by atoms with Gasteiger partial charge in [0.1, 0.15) is 5.75 Å². The van der Waals surface area contributed by atoms with Crippen LogP contribution in [0.2, 0.25) is 0 Å². The van der Waals surface area contributed by atoms with Crippen LogP contribution in [0.25, 0.3) is 0 Å². The molecule has 0 aliphatic carbocycles. The Labute approximate surface area is 106 Å². The van der Waals surface area contributed by atoms with Crippen molar-refractivity contribution in [3.05, 3.63) is 28.3 Å². The molecule has 0 atom stereocenters. The highest BCUT2D eigenvalue weighted by molar-refractivity contribution is 5.50. The standard InChI is InChI=1S/C12H18N2O4/c1-13(2)7-4-8-18-10-5-6-12(17-3)11(9-10)14(15)16/h5-6,9H,4,7-8H2,1-3H3. The van der Waals surface area contributed by atoms with Gasteiger partial charge in [-0.25, -0.2) is 0 Å². The van der Waals surface area contributed by atoms with Gasteiger partial charge >= 0.3 is 5.69 Å². The molecule has 0 fully saturated rings. The quantitative estimate of drug-likeness (QED) is 0.422. The van der Waals surface area contributed by atoms with Crippen molar-refractivity contribution in [3.63, 3.8) is 0 Å². The second-order valence-corrected chi connectivity index (χ2v) is 4.10. The van der Waals surface area contributed by atoms with Gasteiger partial charge in [-0.15, -0.1) is 0 Å². The molecule has 0 unspecified atom stereocenters. The van der Waals surface area contributed by atoms with E-state index in [1.807, 2.05) is 14.1 Å². The Bertz CT molecular complexity index is 407. The van der Waals surface area contributed by atoms with E-state index in [0.29, 0.717) is 12.4 Å². The molecule has 0 saturated carbocycles. The Morgan fingerprint density at radius 3 is 2.67 bits per heavy atom. The molecule has 0 spiro atoms. The zero-order valence-corrected chi connectivity index (χ0v) is 10.9. The number of rotatable bonds is 7. The highest BCUT2D eigenvalue weighted by Gasteiger charge is 2.15. The van der Waals surface area contributed by atoms with Crippen molar-refractivity contribution in [2.45, 2.75) is 6.42 Å². The molecule has 0 saturated heterocycles. The number of methoxy groups -OCH3 is 1. The van der Waals surface area contributed by atoms with Crippen LogP contribution in [0.1, 0.15) is 6.42 Å². The van der Waals surface area contributed by atoms with Gasteiger partial charge in [-0.05, 0) is 32.6 Å². The third kappa shape index (κ3) is 4.21. The summed E-state index contributed by atoms with van der Waals surface area (Å²) in [7, 11) is 5.37. The summed E-state index contributed by atoms with van der Waals surface area (Å²) in [5.41, 5.74) is -0.0809. The van der Waals surface area contributed by atoms with Crippen LogP contribution in [-0.2, 0) is 0 Å². The van der Waals surface area contributed by atoms with E-state index in [2.05, 4.69) is 4.90 Å². The minimum Gasteiger partial charge on any atom is -0.493 e. The van der Waals surface area contributed by atoms with E-state index < -0.39 is 4.92 Å². The Morgan fingerprint density at radius 2 is 2.11 bits per heavy atom. The third-order valence-electron chi connectivity index (χ3n) is 2.37. The summed E-state index contributed by atoms with van der Waals surface area (Å²) >= 11 is 0. The largest absolute Gasteiger partial charge is 0.493 e. The first-order chi connectivity index (χ1) is 8.54. The first kappa shape index (κ1) is 14.2. The van der Waals surface area contributed by atoms with Crippen LogP contribution in [0.4, 0.5) is 5.69 Å². The zero-order valence-electron chi connectivity index (χ0n) is 10.9. The van der Waals surface area contributed by atoms with E-state index in [1.54, 1.807) is 12.1 Å². The SMILES string of the molecule is COc1ccc(OCCCN(C)C)cc1[N+](=O)[O-]. The van der Waals surface area contributed by atoms with Crippen molar-refractivity contribution in [1.82, 2.24) is 4.90 Å². The maximum Gasteiger partial charge on any atom is 0.314 e. The molecule has 6 heteroatoms. The Hall–Kier alpha value is -1.82. The van der Waals surface area contributed by atoms with Crippen LogP contribution in [0.5, 0.6) is 11.5 Å². The number of nitrogens with zero attached hydrogens (tertiary/aromatic N) is 2. The van der Waals surface area contributed by atoms with Gasteiger partial charge in [0.25, 0.3) is 0 Å². The Morgan fingerprint density at radius 1 is 1.39 bits per heavy atom. The van der Waals surface area contributed by atoms with Gasteiger partial charge in [-0.3, -0.25) is 10.1 Å². The van der Waals surface area contributed by atoms with Crippen LogP contribution >= 0.6 is 0 Å². The maximum atomic E-state index is 10.8. The van der Waals surface area contributed by atoms with Crippen LogP contribution in [0.3, 0.4) is 0 Å². The molecular formula is C12H18N2O4. The van der Waals surface area contributed by atoms with Crippen molar-refractivity contribution in [2.24, 2.45) is 0 Å². The molecule has 0 N–H and O–H groups in total. The lowest BCUT2D eigenvalue weighted by molar-refractivity contribution is -0.385. The predicted molar refractivity (Wildman–Crippen MR) is 68.3 cm³/mol. The van der Waals surface area contributed by atoms with Gasteiger partial charge in [-0.1, -0.05) is 0 Å². The summed E-state index contributed by atoms with van der Waals surface area (Å²) in [6.45, 7) is 1.44. The average molecular weight is 254 g/mol. The summed E-state index contributed by atoms with van der Waals surface area (Å²) in [6.07, 6.45) is 0.868. The summed E-state index contributed by atoms with van der Waals surface area (Å²) < 4.78 is 10.4. The Kier molecular flexibility index (Phi) is 5.38. The average Bonchev–Trinajstić information content (AvgIpc) is 2.34. The minimum absolute atomic E-state index is 0.0809. The van der Waals surface area contributed by atoms with Gasteiger partial charge in [0.05, 0.1) is 24.7 Å². The van der Waals surface area contributed by atoms with Crippen molar-refractivity contribution >= 4 is 5.69 Å². The van der Waals surface area contributed by atoms with Crippen LogP contribution in [-0.4, -0.2) is 44.2 Å². The lowest BCUT2D eigenvalue weighted by atomic mass is 10.3. The number of nitro groups is 1. The smallest absolute Gasteiger partial charge is 0.314 e. The number of benzene rings is 1. The van der Waals surface area contributed by atoms with E-state index in [-0.39, 0.29) is 11.4 Å². The lowest BCUT2D eigenvalue weighted by Crippen LogP contribution is -2.15. The maximum absolute atomic E-state index is 10.8. The minimum atomic E-state index is -0.481. The number of hydrogen-bond acceptors (Lipinski definition) is 5. The molecule has 0 aliphatic rings. The predicted octanol–water partition coefficient (Wildman–Crippen LogP) is 1.93. The fourth-order valence-electron chi connectivity index (χ4n) is 1.47. The normalized spacial score (nSPS) is 10.4. The summed E-state index contributed by atoms with van der Waals surface area (Å²) in [6, 6.07) is 4.59. The number of hydrogen-bond donors (Lipinski definition) is 0. The van der Waals surface area contributed by atoms with Gasteiger partial charge < -0.3 is 14.4 Å². The molecule has 0 amide bonds. The molecule has 1 aromatic rings. The number of ether oxygens (including phenoxy) is 2. The fourth-order valence-corrected chi connectivity index (χ4v) is 1.47. The molecule has 0 aliphatic heterocycles. The second kappa shape index (κ2) is 6.80. The monoisotopic (exact) mass is 254 g/mol. The molecule has 0 heterocycles. The topological polar surface area (TPSA) is 64.8 Å². The van der Waals surface area contributed by atoms with Gasteiger partial charge in [0.15, 0.2) is 5.75 Å². The highest BCUT2D eigenvalue weighted by atomic mass is 16.6. The van der Waals surface area contributed by atoms with Gasteiger partial charge in [0, 0.05) is 6.54 Å². The van der Waals surface area contributed by atoms with Crippen molar-refractivity contribution < 1.29 is 14.4 Å². The van der Waals surface area contributed by atoms with Gasteiger partial charge in [-0.2, -0.15) is 0 Å². The highest BCUT2D eigenvalue weighted by Crippen LogP contribution is 2.30. The van der Waals surface area contributed by atoms with Crippen LogP contribution in [0.15, 0.2) is 18.2 Å². The molecule has 18 heavy (non-hydrogen) atoms. The second-order valence-electron chi connectivity index (χ2n) is 4.10. The molecule has 1 rings (SSSR count).